The number of carbonyl (C=O) groups is 1. The molecule has 0 aromatic rings. The van der Waals surface area contributed by atoms with Crippen molar-refractivity contribution in [2.24, 2.45) is 5.92 Å². The Morgan fingerprint density at radius 2 is 2.50 bits per heavy atom. The maximum atomic E-state index is 11.8. The van der Waals surface area contributed by atoms with Gasteiger partial charge in [0.15, 0.2) is 0 Å². The molecule has 0 bridgehead atoms. The molecule has 0 radical (unpaired) electrons. The number of amides is 1. The Labute approximate surface area is 89.5 Å². The summed E-state index contributed by atoms with van der Waals surface area (Å²) in [4.78, 5) is 13.6. The Morgan fingerprint density at radius 3 is 3.00 bits per heavy atom. The summed E-state index contributed by atoms with van der Waals surface area (Å²) in [5.74, 6) is 0.571. The lowest BCUT2D eigenvalue weighted by Gasteiger charge is -2.31. The molecule has 78 valence electrons. The van der Waals surface area contributed by atoms with Gasteiger partial charge in [0, 0.05) is 24.1 Å². The Bertz CT molecular complexity index is 249. The summed E-state index contributed by atoms with van der Waals surface area (Å²) in [6, 6.07) is 2.07. The first-order valence-corrected chi connectivity index (χ1v) is 6.04. The number of hydrogen-bond acceptors (Lipinski definition) is 3. The van der Waals surface area contributed by atoms with Crippen LogP contribution in [-0.4, -0.2) is 34.9 Å². The van der Waals surface area contributed by atoms with Crippen molar-refractivity contribution in [2.75, 3.05) is 18.8 Å². The van der Waals surface area contributed by atoms with Crippen molar-refractivity contribution < 1.29 is 4.79 Å². The zero-order valence-electron chi connectivity index (χ0n) is 8.69. The van der Waals surface area contributed by atoms with Crippen LogP contribution in [0.5, 0.6) is 0 Å². The minimum atomic E-state index is -0.440. The highest BCUT2D eigenvalue weighted by atomic mass is 32.2. The van der Waals surface area contributed by atoms with E-state index < -0.39 is 5.92 Å². The molecule has 1 aliphatic heterocycles. The third-order valence-electron chi connectivity index (χ3n) is 2.41. The number of carbonyl (C=O) groups excluding carboxylic acids is 1. The smallest absolute Gasteiger partial charge is 0.239 e. The van der Waals surface area contributed by atoms with Crippen LogP contribution in [0.3, 0.4) is 0 Å². The van der Waals surface area contributed by atoms with Crippen LogP contribution in [0.25, 0.3) is 0 Å². The zero-order chi connectivity index (χ0) is 10.6. The fourth-order valence-corrected chi connectivity index (χ4v) is 2.57. The van der Waals surface area contributed by atoms with Crippen LogP contribution in [0.2, 0.25) is 0 Å². The van der Waals surface area contributed by atoms with Gasteiger partial charge in [-0.2, -0.15) is 17.0 Å². The van der Waals surface area contributed by atoms with Gasteiger partial charge in [0.05, 0.1) is 6.07 Å². The van der Waals surface area contributed by atoms with Gasteiger partial charge in [0.2, 0.25) is 5.91 Å². The highest BCUT2D eigenvalue weighted by Crippen LogP contribution is 2.19. The Balaban J connectivity index is 2.55. The van der Waals surface area contributed by atoms with Crippen molar-refractivity contribution in [3.8, 4) is 6.07 Å². The molecule has 0 aromatic heterocycles. The quantitative estimate of drug-likeness (QED) is 0.696. The lowest BCUT2D eigenvalue weighted by Crippen LogP contribution is -2.43. The molecule has 1 heterocycles. The summed E-state index contributed by atoms with van der Waals surface area (Å²) in [5, 5.41) is 9.29. The number of nitrogens with zero attached hydrogens (tertiary/aromatic N) is 2. The van der Waals surface area contributed by atoms with Crippen LogP contribution in [0.4, 0.5) is 0 Å². The molecule has 1 rings (SSSR count). The van der Waals surface area contributed by atoms with E-state index in [9.17, 15) is 4.79 Å². The minimum absolute atomic E-state index is 0.0159. The molecule has 0 aliphatic carbocycles. The van der Waals surface area contributed by atoms with Gasteiger partial charge in [0.25, 0.3) is 0 Å². The van der Waals surface area contributed by atoms with Gasteiger partial charge in [-0.1, -0.05) is 13.8 Å². The summed E-state index contributed by atoms with van der Waals surface area (Å²) >= 11 is 1.89. The largest absolute Gasteiger partial charge is 0.340 e. The number of thioether (sulfide) groups is 1. The molecule has 4 heteroatoms. The van der Waals surface area contributed by atoms with E-state index in [1.54, 1.807) is 0 Å². The van der Waals surface area contributed by atoms with Gasteiger partial charge < -0.3 is 4.90 Å². The second-order valence-corrected chi connectivity index (χ2v) is 5.10. The summed E-state index contributed by atoms with van der Waals surface area (Å²) in [5.41, 5.74) is 0. The summed E-state index contributed by atoms with van der Waals surface area (Å²) < 4.78 is 0. The molecule has 1 fully saturated rings. The van der Waals surface area contributed by atoms with E-state index in [-0.39, 0.29) is 5.91 Å². The van der Waals surface area contributed by atoms with Crippen molar-refractivity contribution in [3.63, 3.8) is 0 Å². The third kappa shape index (κ3) is 2.65. The first-order chi connectivity index (χ1) is 6.69. The molecular weight excluding hydrogens is 196 g/mol. The predicted molar refractivity (Wildman–Crippen MR) is 57.9 cm³/mol. The van der Waals surface area contributed by atoms with E-state index >= 15 is 0 Å². The van der Waals surface area contributed by atoms with Gasteiger partial charge in [-0.25, -0.2) is 0 Å². The van der Waals surface area contributed by atoms with Crippen LogP contribution in [0, 0.1) is 17.2 Å². The minimum Gasteiger partial charge on any atom is -0.340 e. The Morgan fingerprint density at radius 1 is 1.79 bits per heavy atom. The van der Waals surface area contributed by atoms with Crippen LogP contribution in [0.1, 0.15) is 20.3 Å². The van der Waals surface area contributed by atoms with Crippen LogP contribution in [-0.2, 0) is 4.79 Å². The predicted octanol–water partition coefficient (Wildman–Crippen LogP) is 1.50. The molecule has 2 unspecified atom stereocenters. The molecular formula is C10H16N2OS. The second kappa shape index (κ2) is 5.26. The summed E-state index contributed by atoms with van der Waals surface area (Å²) in [6.07, 6.45) is 0.618. The zero-order valence-corrected chi connectivity index (χ0v) is 9.51. The van der Waals surface area contributed by atoms with Gasteiger partial charge in [-0.3, -0.25) is 4.79 Å². The highest BCUT2D eigenvalue weighted by Gasteiger charge is 2.26. The monoisotopic (exact) mass is 212 g/mol. The molecule has 1 saturated heterocycles. The molecule has 0 N–H and O–H groups in total. The maximum Gasteiger partial charge on any atom is 0.239 e. The fourth-order valence-electron chi connectivity index (χ4n) is 1.56. The van der Waals surface area contributed by atoms with E-state index in [1.807, 2.05) is 23.6 Å². The fraction of sp³-hybridized carbons (Fsp3) is 0.800. The molecule has 1 amide bonds. The van der Waals surface area contributed by atoms with Crippen LogP contribution < -0.4 is 0 Å². The van der Waals surface area contributed by atoms with Crippen LogP contribution in [0.15, 0.2) is 0 Å². The average Bonchev–Trinajstić information content (AvgIpc) is 2.19. The summed E-state index contributed by atoms with van der Waals surface area (Å²) in [6.45, 7) is 5.60. The standard InChI is InChI=1S/C10H16N2OS/c1-3-9(6-11)10(13)12-4-5-14-8(2)7-12/h8-9H,3-5,7H2,1-2H3. The highest BCUT2D eigenvalue weighted by molar-refractivity contribution is 7.99. The van der Waals surface area contributed by atoms with E-state index in [0.29, 0.717) is 11.7 Å². The van der Waals surface area contributed by atoms with Crippen molar-refractivity contribution in [3.05, 3.63) is 0 Å². The average molecular weight is 212 g/mol. The van der Waals surface area contributed by atoms with E-state index in [2.05, 4.69) is 13.0 Å². The van der Waals surface area contributed by atoms with Crippen molar-refractivity contribution in [1.82, 2.24) is 4.90 Å². The first kappa shape index (κ1) is 11.4. The topological polar surface area (TPSA) is 44.1 Å². The molecule has 1 aliphatic rings. The number of rotatable bonds is 2. The SMILES string of the molecule is CCC(C#N)C(=O)N1CCSC(C)C1. The Kier molecular flexibility index (Phi) is 4.27. The van der Waals surface area contributed by atoms with Gasteiger partial charge >= 0.3 is 0 Å². The first-order valence-electron chi connectivity index (χ1n) is 4.99. The number of nitriles is 1. The van der Waals surface area contributed by atoms with Crippen molar-refractivity contribution in [2.45, 2.75) is 25.5 Å². The Hall–Kier alpha value is -0.690. The second-order valence-electron chi connectivity index (χ2n) is 3.56. The lowest BCUT2D eigenvalue weighted by molar-refractivity contribution is -0.133. The molecule has 0 spiro atoms. The molecule has 0 saturated carbocycles. The van der Waals surface area contributed by atoms with Gasteiger partial charge in [0.1, 0.15) is 5.92 Å². The van der Waals surface area contributed by atoms with E-state index in [0.717, 1.165) is 18.8 Å². The number of hydrogen-bond donors (Lipinski definition) is 0. The normalized spacial score (nSPS) is 24.1. The molecule has 14 heavy (non-hydrogen) atoms. The van der Waals surface area contributed by atoms with Crippen LogP contribution >= 0.6 is 11.8 Å². The molecule has 0 aromatic carbocycles. The summed E-state index contributed by atoms with van der Waals surface area (Å²) in [7, 11) is 0. The maximum absolute atomic E-state index is 11.8. The molecule has 2 atom stereocenters. The van der Waals surface area contributed by atoms with Crippen molar-refractivity contribution >= 4 is 17.7 Å². The third-order valence-corrected chi connectivity index (χ3v) is 3.55. The van der Waals surface area contributed by atoms with E-state index in [1.165, 1.54) is 0 Å². The molecule has 3 nitrogen and oxygen atoms in total. The van der Waals surface area contributed by atoms with Crippen molar-refractivity contribution in [1.29, 1.82) is 5.26 Å². The lowest BCUT2D eigenvalue weighted by atomic mass is 10.1. The van der Waals surface area contributed by atoms with Gasteiger partial charge in [-0.15, -0.1) is 0 Å². The van der Waals surface area contributed by atoms with E-state index in [4.69, 9.17) is 5.26 Å². The van der Waals surface area contributed by atoms with Gasteiger partial charge in [-0.05, 0) is 6.42 Å².